The van der Waals surface area contributed by atoms with Crippen molar-refractivity contribution in [2.75, 3.05) is 19.6 Å². The maximum absolute atomic E-state index is 11.7. The quantitative estimate of drug-likeness (QED) is 0.734. The Hall–Kier alpha value is -1.10. The topological polar surface area (TPSA) is 58.6 Å². The SMILES string of the molecule is CC1NCCN(CCC(=O)OC(C)(C)C)C1=O. The van der Waals surface area contributed by atoms with E-state index in [9.17, 15) is 9.59 Å². The zero-order valence-corrected chi connectivity index (χ0v) is 11.1. The van der Waals surface area contributed by atoms with Crippen molar-refractivity contribution in [3.63, 3.8) is 0 Å². The molecule has 0 aromatic carbocycles. The first-order chi connectivity index (χ1) is 7.79. The largest absolute Gasteiger partial charge is 0.460 e. The third-order valence-electron chi connectivity index (χ3n) is 2.52. The van der Waals surface area contributed by atoms with Crippen LogP contribution in [0.4, 0.5) is 0 Å². The lowest BCUT2D eigenvalue weighted by molar-refractivity contribution is -0.155. The number of hydrogen-bond donors (Lipinski definition) is 1. The van der Waals surface area contributed by atoms with E-state index in [1.807, 2.05) is 27.7 Å². The van der Waals surface area contributed by atoms with Gasteiger partial charge in [0.15, 0.2) is 0 Å². The highest BCUT2D eigenvalue weighted by molar-refractivity contribution is 5.82. The van der Waals surface area contributed by atoms with Crippen molar-refractivity contribution in [3.8, 4) is 0 Å². The van der Waals surface area contributed by atoms with Gasteiger partial charge in [-0.25, -0.2) is 0 Å². The van der Waals surface area contributed by atoms with Gasteiger partial charge in [-0.1, -0.05) is 0 Å². The van der Waals surface area contributed by atoms with Crippen LogP contribution in [0.25, 0.3) is 0 Å². The Kier molecular flexibility index (Phi) is 4.51. The van der Waals surface area contributed by atoms with Gasteiger partial charge in [0.2, 0.25) is 5.91 Å². The van der Waals surface area contributed by atoms with Crippen LogP contribution >= 0.6 is 0 Å². The lowest BCUT2D eigenvalue weighted by atomic mass is 10.2. The number of piperazine rings is 1. The molecule has 0 bridgehead atoms. The molecule has 1 aliphatic heterocycles. The number of rotatable bonds is 3. The van der Waals surface area contributed by atoms with E-state index in [-0.39, 0.29) is 24.3 Å². The van der Waals surface area contributed by atoms with Gasteiger partial charge in [-0.2, -0.15) is 0 Å². The minimum Gasteiger partial charge on any atom is -0.460 e. The lowest BCUT2D eigenvalue weighted by Gasteiger charge is -2.31. The maximum Gasteiger partial charge on any atom is 0.308 e. The number of hydrogen-bond acceptors (Lipinski definition) is 4. The summed E-state index contributed by atoms with van der Waals surface area (Å²) in [6.45, 7) is 9.23. The third-order valence-corrected chi connectivity index (χ3v) is 2.52. The van der Waals surface area contributed by atoms with E-state index >= 15 is 0 Å². The van der Waals surface area contributed by atoms with Gasteiger partial charge in [-0.3, -0.25) is 9.59 Å². The molecule has 1 heterocycles. The van der Waals surface area contributed by atoms with Crippen molar-refractivity contribution in [2.45, 2.75) is 45.8 Å². The van der Waals surface area contributed by atoms with E-state index in [1.165, 1.54) is 0 Å². The summed E-state index contributed by atoms with van der Waals surface area (Å²) in [7, 11) is 0. The molecule has 1 saturated heterocycles. The fourth-order valence-electron chi connectivity index (χ4n) is 1.73. The van der Waals surface area contributed by atoms with Crippen molar-refractivity contribution in [1.82, 2.24) is 10.2 Å². The summed E-state index contributed by atoms with van der Waals surface area (Å²) in [5, 5.41) is 3.08. The smallest absolute Gasteiger partial charge is 0.308 e. The maximum atomic E-state index is 11.7. The van der Waals surface area contributed by atoms with E-state index in [1.54, 1.807) is 4.90 Å². The van der Waals surface area contributed by atoms with Crippen LogP contribution in [0.5, 0.6) is 0 Å². The molecule has 0 aromatic heterocycles. The van der Waals surface area contributed by atoms with Crippen LogP contribution in [0.3, 0.4) is 0 Å². The van der Waals surface area contributed by atoms with Crippen molar-refractivity contribution in [3.05, 3.63) is 0 Å². The monoisotopic (exact) mass is 242 g/mol. The summed E-state index contributed by atoms with van der Waals surface area (Å²) in [5.74, 6) is -0.198. The molecule has 1 atom stereocenters. The Morgan fingerprint density at radius 1 is 1.53 bits per heavy atom. The highest BCUT2D eigenvalue weighted by Gasteiger charge is 2.25. The van der Waals surface area contributed by atoms with Crippen molar-refractivity contribution in [1.29, 1.82) is 0 Å². The fraction of sp³-hybridized carbons (Fsp3) is 0.833. The Morgan fingerprint density at radius 2 is 2.18 bits per heavy atom. The highest BCUT2D eigenvalue weighted by Crippen LogP contribution is 2.09. The van der Waals surface area contributed by atoms with Crippen LogP contribution in [-0.2, 0) is 14.3 Å². The summed E-state index contributed by atoms with van der Waals surface area (Å²) in [5.41, 5.74) is -0.460. The minimum absolute atomic E-state index is 0.0554. The Bertz CT molecular complexity index is 297. The van der Waals surface area contributed by atoms with Gasteiger partial charge < -0.3 is 15.0 Å². The molecular weight excluding hydrogens is 220 g/mol. The molecule has 0 aliphatic carbocycles. The van der Waals surface area contributed by atoms with Gasteiger partial charge in [0.25, 0.3) is 0 Å². The van der Waals surface area contributed by atoms with Crippen LogP contribution in [0.1, 0.15) is 34.1 Å². The van der Waals surface area contributed by atoms with E-state index < -0.39 is 5.60 Å². The number of nitrogens with zero attached hydrogens (tertiary/aromatic N) is 1. The second-order valence-corrected chi connectivity index (χ2v) is 5.34. The molecular formula is C12H22N2O3. The van der Waals surface area contributed by atoms with Gasteiger partial charge >= 0.3 is 5.97 Å². The number of ether oxygens (including phenoxy) is 1. The van der Waals surface area contributed by atoms with Crippen LogP contribution in [-0.4, -0.2) is 48.1 Å². The molecule has 1 aliphatic rings. The second kappa shape index (κ2) is 5.49. The Balaban J connectivity index is 2.35. The molecule has 5 heteroatoms. The Morgan fingerprint density at radius 3 is 2.76 bits per heavy atom. The van der Waals surface area contributed by atoms with Crippen LogP contribution < -0.4 is 5.32 Å². The second-order valence-electron chi connectivity index (χ2n) is 5.34. The first-order valence-corrected chi connectivity index (χ1v) is 6.03. The number of carbonyl (C=O) groups is 2. The molecule has 0 spiro atoms. The van der Waals surface area contributed by atoms with Gasteiger partial charge in [0.05, 0.1) is 12.5 Å². The van der Waals surface area contributed by atoms with E-state index in [4.69, 9.17) is 4.74 Å². The van der Waals surface area contributed by atoms with E-state index in [0.717, 1.165) is 6.54 Å². The molecule has 1 fully saturated rings. The average Bonchev–Trinajstić information content (AvgIpc) is 2.18. The van der Waals surface area contributed by atoms with Gasteiger partial charge in [-0.05, 0) is 27.7 Å². The Labute approximate surface area is 102 Å². The number of carbonyl (C=O) groups excluding carboxylic acids is 2. The lowest BCUT2D eigenvalue weighted by Crippen LogP contribution is -2.54. The summed E-state index contributed by atoms with van der Waals surface area (Å²) in [4.78, 5) is 25.0. The minimum atomic E-state index is -0.460. The first-order valence-electron chi connectivity index (χ1n) is 6.03. The molecule has 0 saturated carbocycles. The summed E-state index contributed by atoms with van der Waals surface area (Å²) in [6, 6.07) is -0.151. The summed E-state index contributed by atoms with van der Waals surface area (Å²) < 4.78 is 5.20. The standard InChI is InChI=1S/C12H22N2O3/c1-9-11(16)14(8-6-13-9)7-5-10(15)17-12(2,3)4/h9,13H,5-8H2,1-4H3. The summed E-state index contributed by atoms with van der Waals surface area (Å²) >= 11 is 0. The number of amides is 1. The zero-order valence-electron chi connectivity index (χ0n) is 11.1. The van der Waals surface area contributed by atoms with Crippen molar-refractivity contribution < 1.29 is 14.3 Å². The molecule has 1 N–H and O–H groups in total. The zero-order chi connectivity index (χ0) is 13.1. The van der Waals surface area contributed by atoms with Gasteiger partial charge in [0, 0.05) is 19.6 Å². The van der Waals surface area contributed by atoms with Crippen molar-refractivity contribution in [2.24, 2.45) is 0 Å². The molecule has 0 aromatic rings. The number of nitrogens with one attached hydrogen (secondary N) is 1. The summed E-state index contributed by atoms with van der Waals surface area (Å²) in [6.07, 6.45) is 0.260. The molecule has 5 nitrogen and oxygen atoms in total. The number of esters is 1. The average molecular weight is 242 g/mol. The van der Waals surface area contributed by atoms with Crippen LogP contribution in [0.15, 0.2) is 0 Å². The van der Waals surface area contributed by atoms with Crippen LogP contribution in [0, 0.1) is 0 Å². The van der Waals surface area contributed by atoms with E-state index in [2.05, 4.69) is 5.32 Å². The molecule has 17 heavy (non-hydrogen) atoms. The molecule has 1 unspecified atom stereocenters. The molecule has 1 amide bonds. The molecule has 1 rings (SSSR count). The third kappa shape index (κ3) is 4.73. The predicted molar refractivity (Wildman–Crippen MR) is 64.5 cm³/mol. The first kappa shape index (κ1) is 14.0. The van der Waals surface area contributed by atoms with Gasteiger partial charge in [0.1, 0.15) is 5.60 Å². The molecule has 98 valence electrons. The normalized spacial score (nSPS) is 21.5. The van der Waals surface area contributed by atoms with Crippen LogP contribution in [0.2, 0.25) is 0 Å². The van der Waals surface area contributed by atoms with E-state index in [0.29, 0.717) is 13.1 Å². The highest BCUT2D eigenvalue weighted by atomic mass is 16.6. The molecule has 0 radical (unpaired) electrons. The fourth-order valence-corrected chi connectivity index (χ4v) is 1.73. The van der Waals surface area contributed by atoms with Crippen molar-refractivity contribution >= 4 is 11.9 Å². The predicted octanol–water partition coefficient (Wildman–Crippen LogP) is 0.539. The van der Waals surface area contributed by atoms with Gasteiger partial charge in [-0.15, -0.1) is 0 Å².